The van der Waals surface area contributed by atoms with Gasteiger partial charge in [-0.3, -0.25) is 4.79 Å². The Balaban J connectivity index is 2.54. The van der Waals surface area contributed by atoms with Crippen molar-refractivity contribution in [2.24, 2.45) is 5.92 Å². The molecule has 2 atom stereocenters. The second-order valence-electron chi connectivity index (χ2n) is 3.99. The average Bonchev–Trinajstić information content (AvgIpc) is 2.15. The monoisotopic (exact) mass is 174 g/mol. The summed E-state index contributed by atoms with van der Waals surface area (Å²) in [5.74, 6) is 1.04. The van der Waals surface area contributed by atoms with Crippen molar-refractivity contribution in [1.29, 1.82) is 0 Å². The summed E-state index contributed by atoms with van der Waals surface area (Å²) in [4.78, 5) is 11.8. The van der Waals surface area contributed by atoms with E-state index in [2.05, 4.69) is 13.0 Å². The van der Waals surface area contributed by atoms with E-state index in [-0.39, 0.29) is 5.92 Å². The largest absolute Gasteiger partial charge is 0.294 e. The molecule has 0 unspecified atom stereocenters. The minimum Gasteiger partial charge on any atom is -0.294 e. The zero-order valence-electron chi connectivity index (χ0n) is 8.08. The van der Waals surface area contributed by atoms with Gasteiger partial charge in [-0.25, -0.2) is 0 Å². The van der Waals surface area contributed by atoms with Gasteiger partial charge in [-0.05, 0) is 17.9 Å². The third-order valence-corrected chi connectivity index (χ3v) is 2.91. The van der Waals surface area contributed by atoms with Crippen LogP contribution in [-0.2, 0) is 0 Å². The quantitative estimate of drug-likeness (QED) is 0.591. The fourth-order valence-corrected chi connectivity index (χ4v) is 2.18. The average molecular weight is 174 g/mol. The van der Waals surface area contributed by atoms with Crippen molar-refractivity contribution in [2.75, 3.05) is 0 Å². The van der Waals surface area contributed by atoms with Gasteiger partial charge in [0, 0.05) is 11.5 Å². The Bertz CT molecular complexity index is 341. The van der Waals surface area contributed by atoms with Crippen LogP contribution in [-0.4, -0.2) is 5.78 Å². The van der Waals surface area contributed by atoms with E-state index in [1.54, 1.807) is 0 Å². The number of carbonyl (C=O) groups is 1. The molecule has 1 aromatic rings. The summed E-state index contributed by atoms with van der Waals surface area (Å²) in [6.45, 7) is 4.22. The van der Waals surface area contributed by atoms with Crippen molar-refractivity contribution >= 4 is 5.78 Å². The first-order valence-electron chi connectivity index (χ1n) is 4.83. The molecule has 1 aliphatic rings. The van der Waals surface area contributed by atoms with E-state index < -0.39 is 0 Å². The van der Waals surface area contributed by atoms with Gasteiger partial charge in [0.1, 0.15) is 0 Å². The highest BCUT2D eigenvalue weighted by atomic mass is 16.1. The molecule has 0 amide bonds. The zero-order chi connectivity index (χ0) is 9.42. The van der Waals surface area contributed by atoms with Crippen LogP contribution >= 0.6 is 0 Å². The molecule has 1 heteroatoms. The molecule has 0 fully saturated rings. The van der Waals surface area contributed by atoms with Gasteiger partial charge < -0.3 is 0 Å². The Kier molecular flexibility index (Phi) is 1.95. The second-order valence-corrected chi connectivity index (χ2v) is 3.99. The molecule has 2 rings (SSSR count). The molecule has 13 heavy (non-hydrogen) atoms. The summed E-state index contributed by atoms with van der Waals surface area (Å²) < 4.78 is 0. The van der Waals surface area contributed by atoms with Crippen LogP contribution in [0.3, 0.4) is 0 Å². The van der Waals surface area contributed by atoms with Gasteiger partial charge in [-0.15, -0.1) is 0 Å². The van der Waals surface area contributed by atoms with E-state index in [1.165, 1.54) is 5.56 Å². The molecule has 1 aromatic carbocycles. The van der Waals surface area contributed by atoms with Crippen molar-refractivity contribution in [2.45, 2.75) is 26.2 Å². The Labute approximate surface area is 78.8 Å². The zero-order valence-corrected chi connectivity index (χ0v) is 8.08. The molecule has 0 aromatic heterocycles. The molecule has 0 bridgehead atoms. The minimum absolute atomic E-state index is 0.199. The highest BCUT2D eigenvalue weighted by Gasteiger charge is 2.27. The molecule has 0 radical (unpaired) electrons. The molecule has 68 valence electrons. The second kappa shape index (κ2) is 2.99. The highest BCUT2D eigenvalue weighted by Crippen LogP contribution is 2.33. The molecular formula is C12H14O. The molecule has 0 spiro atoms. The van der Waals surface area contributed by atoms with Crippen molar-refractivity contribution in [3.05, 3.63) is 35.4 Å². The maximum atomic E-state index is 11.8. The molecule has 0 N–H and O–H groups in total. The number of Topliss-reactive ketones (excluding diaryl/α,β-unsaturated/α-hetero) is 1. The molecule has 0 heterocycles. The Morgan fingerprint density at radius 3 is 2.62 bits per heavy atom. The maximum Gasteiger partial charge on any atom is 0.165 e. The van der Waals surface area contributed by atoms with Crippen LogP contribution in [0, 0.1) is 5.92 Å². The van der Waals surface area contributed by atoms with E-state index in [0.717, 1.165) is 12.0 Å². The predicted molar refractivity (Wildman–Crippen MR) is 53.0 cm³/mol. The van der Waals surface area contributed by atoms with Crippen molar-refractivity contribution < 1.29 is 4.79 Å². The van der Waals surface area contributed by atoms with Gasteiger partial charge >= 0.3 is 0 Å². The van der Waals surface area contributed by atoms with Crippen molar-refractivity contribution in [3.8, 4) is 0 Å². The normalized spacial score (nSPS) is 27.1. The van der Waals surface area contributed by atoms with Gasteiger partial charge in [-0.2, -0.15) is 0 Å². The van der Waals surface area contributed by atoms with Gasteiger partial charge in [0.2, 0.25) is 0 Å². The lowest BCUT2D eigenvalue weighted by Gasteiger charge is -2.25. The number of benzene rings is 1. The third-order valence-electron chi connectivity index (χ3n) is 2.91. The summed E-state index contributed by atoms with van der Waals surface area (Å²) in [6, 6.07) is 7.98. The van der Waals surface area contributed by atoms with Crippen LogP contribution in [0.1, 0.15) is 42.1 Å². The summed E-state index contributed by atoms with van der Waals surface area (Å²) in [6.07, 6.45) is 0.996. The van der Waals surface area contributed by atoms with Crippen molar-refractivity contribution in [3.63, 3.8) is 0 Å². The van der Waals surface area contributed by atoms with E-state index >= 15 is 0 Å². The lowest BCUT2D eigenvalue weighted by atomic mass is 9.78. The number of hydrogen-bond donors (Lipinski definition) is 0. The SMILES string of the molecule is C[C@@H]1C[C@H](C)C(=O)c2ccccc21. The standard InChI is InChI=1S/C12H14O/c1-8-7-9(2)12(13)11-6-4-3-5-10(8)11/h3-6,8-9H,7H2,1-2H3/t8-,9+/m1/s1. The van der Waals surface area contributed by atoms with Gasteiger partial charge in [0.05, 0.1) is 0 Å². The molecule has 1 aliphatic carbocycles. The Morgan fingerprint density at radius 2 is 1.85 bits per heavy atom. The van der Waals surface area contributed by atoms with Crippen LogP contribution in [0.25, 0.3) is 0 Å². The number of hydrogen-bond acceptors (Lipinski definition) is 1. The Hall–Kier alpha value is -1.11. The predicted octanol–water partition coefficient (Wildman–Crippen LogP) is 3.01. The van der Waals surface area contributed by atoms with Gasteiger partial charge in [0.15, 0.2) is 5.78 Å². The fourth-order valence-electron chi connectivity index (χ4n) is 2.18. The lowest BCUT2D eigenvalue weighted by molar-refractivity contribution is 0.0906. The Morgan fingerprint density at radius 1 is 1.15 bits per heavy atom. The first kappa shape index (κ1) is 8.49. The first-order chi connectivity index (χ1) is 6.20. The number of rotatable bonds is 0. The van der Waals surface area contributed by atoms with Gasteiger partial charge in [0.25, 0.3) is 0 Å². The van der Waals surface area contributed by atoms with Crippen LogP contribution in [0.4, 0.5) is 0 Å². The van der Waals surface area contributed by atoms with E-state index in [9.17, 15) is 4.79 Å². The third kappa shape index (κ3) is 1.28. The number of carbonyl (C=O) groups excluding carboxylic acids is 1. The summed E-state index contributed by atoms with van der Waals surface area (Å²) in [7, 11) is 0. The minimum atomic E-state index is 0.199. The van der Waals surface area contributed by atoms with Crippen LogP contribution in [0.5, 0.6) is 0 Å². The summed E-state index contributed by atoms with van der Waals surface area (Å²) in [5, 5.41) is 0. The summed E-state index contributed by atoms with van der Waals surface area (Å²) >= 11 is 0. The van der Waals surface area contributed by atoms with E-state index in [1.807, 2.05) is 25.1 Å². The fraction of sp³-hybridized carbons (Fsp3) is 0.417. The lowest BCUT2D eigenvalue weighted by Crippen LogP contribution is -2.22. The van der Waals surface area contributed by atoms with Crippen molar-refractivity contribution in [1.82, 2.24) is 0 Å². The van der Waals surface area contributed by atoms with Crippen LogP contribution in [0.2, 0.25) is 0 Å². The van der Waals surface area contributed by atoms with E-state index in [4.69, 9.17) is 0 Å². The highest BCUT2D eigenvalue weighted by molar-refractivity contribution is 6.00. The topological polar surface area (TPSA) is 17.1 Å². The maximum absolute atomic E-state index is 11.8. The smallest absolute Gasteiger partial charge is 0.165 e. The van der Waals surface area contributed by atoms with Crippen LogP contribution < -0.4 is 0 Å². The van der Waals surface area contributed by atoms with E-state index in [0.29, 0.717) is 11.7 Å². The molecule has 0 aliphatic heterocycles. The summed E-state index contributed by atoms with van der Waals surface area (Å²) in [5.41, 5.74) is 2.17. The van der Waals surface area contributed by atoms with Gasteiger partial charge in [-0.1, -0.05) is 38.1 Å². The number of ketones is 1. The molecule has 1 nitrogen and oxygen atoms in total. The van der Waals surface area contributed by atoms with Crippen LogP contribution in [0.15, 0.2) is 24.3 Å². The first-order valence-corrected chi connectivity index (χ1v) is 4.83. The molecule has 0 saturated heterocycles. The molecular weight excluding hydrogens is 160 g/mol. The number of fused-ring (bicyclic) bond motifs is 1. The molecule has 0 saturated carbocycles.